The van der Waals surface area contributed by atoms with Gasteiger partial charge in [0.15, 0.2) is 0 Å². The number of carboxylic acid groups (broad SMARTS) is 1. The molecule has 10 heteroatoms. The highest BCUT2D eigenvalue weighted by Gasteiger charge is 2.46. The third-order valence-electron chi connectivity index (χ3n) is 5.23. The fraction of sp³-hybridized carbons (Fsp3) is 0.571. The van der Waals surface area contributed by atoms with Crippen molar-refractivity contribution in [2.24, 2.45) is 5.41 Å². The van der Waals surface area contributed by atoms with Crippen molar-refractivity contribution in [3.63, 3.8) is 0 Å². The molecule has 0 saturated carbocycles. The molecule has 7 nitrogen and oxygen atoms in total. The number of alkyl halides is 3. The van der Waals surface area contributed by atoms with Crippen molar-refractivity contribution >= 4 is 11.9 Å². The van der Waals surface area contributed by atoms with Crippen LogP contribution in [0.25, 0.3) is 0 Å². The van der Waals surface area contributed by atoms with Gasteiger partial charge in [0.25, 0.3) is 0 Å². The molecule has 1 amide bonds. The molecule has 0 aliphatic carbocycles. The minimum Gasteiger partial charge on any atom is -0.475 e. The lowest BCUT2D eigenvalue weighted by Gasteiger charge is -2.32. The first kappa shape index (κ1) is 24.6. The lowest BCUT2D eigenvalue weighted by atomic mass is 9.87. The molecule has 2 saturated heterocycles. The number of nitriles is 1. The van der Waals surface area contributed by atoms with Gasteiger partial charge in [-0.2, -0.15) is 18.4 Å². The van der Waals surface area contributed by atoms with Gasteiger partial charge in [0.1, 0.15) is 0 Å². The largest absolute Gasteiger partial charge is 0.490 e. The Morgan fingerprint density at radius 2 is 1.90 bits per heavy atom. The molecule has 0 bridgehead atoms. The van der Waals surface area contributed by atoms with Gasteiger partial charge in [-0.15, -0.1) is 0 Å². The van der Waals surface area contributed by atoms with E-state index in [9.17, 15) is 18.0 Å². The first-order chi connectivity index (χ1) is 14.5. The minimum absolute atomic E-state index is 0.0928. The number of hydrogen-bond donors (Lipinski definition) is 1. The molecule has 0 aromatic heterocycles. The second-order valence-electron chi connectivity index (χ2n) is 8.17. The van der Waals surface area contributed by atoms with E-state index in [1.165, 1.54) is 5.56 Å². The van der Waals surface area contributed by atoms with Crippen LogP contribution in [0.15, 0.2) is 24.3 Å². The van der Waals surface area contributed by atoms with E-state index in [0.29, 0.717) is 25.2 Å². The van der Waals surface area contributed by atoms with Gasteiger partial charge < -0.3 is 14.7 Å². The summed E-state index contributed by atoms with van der Waals surface area (Å²) in [6.45, 7) is 8.87. The van der Waals surface area contributed by atoms with Crippen LogP contribution in [0.4, 0.5) is 13.2 Å². The number of hydrogen-bond acceptors (Lipinski definition) is 5. The molecule has 3 rings (SSSR count). The smallest absolute Gasteiger partial charge is 0.475 e. The first-order valence-corrected chi connectivity index (χ1v) is 9.84. The summed E-state index contributed by atoms with van der Waals surface area (Å²) in [7, 11) is 0. The molecule has 0 radical (unpaired) electrons. The quantitative estimate of drug-likeness (QED) is 0.775. The van der Waals surface area contributed by atoms with Gasteiger partial charge in [-0.25, -0.2) is 4.79 Å². The highest BCUT2D eigenvalue weighted by Crippen LogP contribution is 2.35. The maximum atomic E-state index is 12.4. The molecule has 2 fully saturated rings. The van der Waals surface area contributed by atoms with Crippen LogP contribution in [0.2, 0.25) is 0 Å². The zero-order valence-electron chi connectivity index (χ0n) is 17.5. The monoisotopic (exact) mass is 441 g/mol. The van der Waals surface area contributed by atoms with Gasteiger partial charge in [-0.3, -0.25) is 9.69 Å². The van der Waals surface area contributed by atoms with E-state index in [4.69, 9.17) is 19.9 Å². The molecule has 1 spiro atoms. The fourth-order valence-corrected chi connectivity index (χ4v) is 3.76. The maximum absolute atomic E-state index is 12.4. The topological polar surface area (TPSA) is 93.9 Å². The minimum atomic E-state index is -5.08. The average Bonchev–Trinajstić information content (AvgIpc) is 2.88. The molecular formula is C21H26F3N3O4. The van der Waals surface area contributed by atoms with Crippen LogP contribution in [0, 0.1) is 16.7 Å². The number of benzene rings is 1. The molecule has 1 unspecified atom stereocenters. The summed E-state index contributed by atoms with van der Waals surface area (Å²) in [6.07, 6.45) is -4.50. The normalized spacial score (nSPS) is 22.1. The highest BCUT2D eigenvalue weighted by atomic mass is 19.4. The maximum Gasteiger partial charge on any atom is 0.490 e. The number of amides is 1. The number of aliphatic carboxylic acids is 1. The average molecular weight is 441 g/mol. The van der Waals surface area contributed by atoms with Gasteiger partial charge in [-0.1, -0.05) is 12.1 Å². The zero-order valence-corrected chi connectivity index (χ0v) is 17.5. The molecule has 31 heavy (non-hydrogen) atoms. The van der Waals surface area contributed by atoms with E-state index in [1.54, 1.807) is 0 Å². The Bertz CT molecular complexity index is 821. The molecule has 1 N–H and O–H groups in total. The van der Waals surface area contributed by atoms with Crippen molar-refractivity contribution in [2.75, 3.05) is 32.8 Å². The van der Waals surface area contributed by atoms with Crippen molar-refractivity contribution in [2.45, 2.75) is 39.0 Å². The van der Waals surface area contributed by atoms with Crippen LogP contribution >= 0.6 is 0 Å². The van der Waals surface area contributed by atoms with Gasteiger partial charge in [0, 0.05) is 44.1 Å². The van der Waals surface area contributed by atoms with E-state index in [0.717, 1.165) is 26.2 Å². The molecule has 2 aliphatic rings. The van der Waals surface area contributed by atoms with Crippen molar-refractivity contribution < 1.29 is 32.6 Å². The van der Waals surface area contributed by atoms with E-state index < -0.39 is 12.1 Å². The summed E-state index contributed by atoms with van der Waals surface area (Å²) in [6, 6.07) is 10.1. The zero-order chi connectivity index (χ0) is 23.2. The Labute approximate surface area is 179 Å². The molecule has 170 valence electrons. The SMILES string of the molecule is CC(C)N1CC2(COCCN(Cc3ccc(C#N)cc3)C2)CC1=O.O=C(O)C(F)(F)F. The Morgan fingerprint density at radius 1 is 1.29 bits per heavy atom. The molecule has 2 heterocycles. The predicted octanol–water partition coefficient (Wildman–Crippen LogP) is 2.65. The number of carboxylic acids is 1. The second kappa shape index (κ2) is 10.1. The van der Waals surface area contributed by atoms with Crippen LogP contribution in [0.3, 0.4) is 0 Å². The van der Waals surface area contributed by atoms with Crippen LogP contribution in [-0.2, 0) is 20.9 Å². The summed E-state index contributed by atoms with van der Waals surface area (Å²) in [5, 5.41) is 16.0. The predicted molar refractivity (Wildman–Crippen MR) is 105 cm³/mol. The molecule has 1 aromatic carbocycles. The Hall–Kier alpha value is -2.64. The van der Waals surface area contributed by atoms with Gasteiger partial charge >= 0.3 is 12.1 Å². The second-order valence-corrected chi connectivity index (χ2v) is 8.17. The molecular weight excluding hydrogens is 415 g/mol. The summed E-state index contributed by atoms with van der Waals surface area (Å²) in [5.74, 6) is -2.51. The standard InChI is InChI=1S/C19H25N3O2.C2HF3O2/c1-15(2)22-13-19(9-18(22)23)12-21(7-8-24-14-19)11-17-5-3-16(10-20)4-6-17;3-2(4,5)1(6)7/h3-6,15H,7-9,11-14H2,1-2H3;(H,6,7). The summed E-state index contributed by atoms with van der Waals surface area (Å²) in [4.78, 5) is 25.6. The van der Waals surface area contributed by atoms with Crippen molar-refractivity contribution in [3.05, 3.63) is 35.4 Å². The van der Waals surface area contributed by atoms with Crippen molar-refractivity contribution in [1.82, 2.24) is 9.80 Å². The molecule has 1 aromatic rings. The highest BCUT2D eigenvalue weighted by molar-refractivity contribution is 5.80. The summed E-state index contributed by atoms with van der Waals surface area (Å²) < 4.78 is 37.6. The Balaban J connectivity index is 0.000000423. The molecule has 2 aliphatic heterocycles. The number of ether oxygens (including phenoxy) is 1. The van der Waals surface area contributed by atoms with Crippen LogP contribution < -0.4 is 0 Å². The van der Waals surface area contributed by atoms with Gasteiger partial charge in [0.05, 0.1) is 24.8 Å². The summed E-state index contributed by atoms with van der Waals surface area (Å²) >= 11 is 0. The van der Waals surface area contributed by atoms with Crippen LogP contribution in [0.5, 0.6) is 0 Å². The first-order valence-electron chi connectivity index (χ1n) is 9.84. The Morgan fingerprint density at radius 3 is 2.39 bits per heavy atom. The number of carbonyl (C=O) groups is 2. The third-order valence-corrected chi connectivity index (χ3v) is 5.23. The van der Waals surface area contributed by atoms with Gasteiger partial charge in [0.2, 0.25) is 5.91 Å². The van der Waals surface area contributed by atoms with E-state index in [2.05, 4.69) is 24.8 Å². The number of halogens is 3. The lowest BCUT2D eigenvalue weighted by Crippen LogP contribution is -2.41. The Kier molecular flexibility index (Phi) is 8.03. The van der Waals surface area contributed by atoms with Crippen LogP contribution in [-0.4, -0.2) is 71.8 Å². The van der Waals surface area contributed by atoms with E-state index in [1.807, 2.05) is 29.2 Å². The van der Waals surface area contributed by atoms with Crippen LogP contribution in [0.1, 0.15) is 31.4 Å². The summed E-state index contributed by atoms with van der Waals surface area (Å²) in [5.41, 5.74) is 1.78. The number of nitrogens with zero attached hydrogens (tertiary/aromatic N) is 3. The third kappa shape index (κ3) is 6.94. The van der Waals surface area contributed by atoms with Crippen molar-refractivity contribution in [1.29, 1.82) is 5.26 Å². The van der Waals surface area contributed by atoms with E-state index >= 15 is 0 Å². The van der Waals surface area contributed by atoms with Gasteiger partial charge in [-0.05, 0) is 31.5 Å². The number of rotatable bonds is 3. The number of likely N-dealkylation sites (tertiary alicyclic amines) is 1. The van der Waals surface area contributed by atoms with Crippen molar-refractivity contribution in [3.8, 4) is 6.07 Å². The molecule has 1 atom stereocenters. The lowest BCUT2D eigenvalue weighted by molar-refractivity contribution is -0.192. The van der Waals surface area contributed by atoms with E-state index in [-0.39, 0.29) is 17.4 Å². The fourth-order valence-electron chi connectivity index (χ4n) is 3.76. The number of carbonyl (C=O) groups excluding carboxylic acids is 1.